The van der Waals surface area contributed by atoms with E-state index in [9.17, 15) is 44.4 Å². The van der Waals surface area contributed by atoms with Crippen LogP contribution in [0.4, 0.5) is 0 Å². The summed E-state index contributed by atoms with van der Waals surface area (Å²) in [6.45, 7) is 26.7. The second kappa shape index (κ2) is 50.0. The van der Waals surface area contributed by atoms with Gasteiger partial charge >= 0.3 is 17.9 Å². The van der Waals surface area contributed by atoms with Gasteiger partial charge in [0.2, 0.25) is 0 Å². The first-order valence-corrected chi connectivity index (χ1v) is 55.3. The molecule has 4 atom stereocenters. The molecule has 3 aromatic carbocycles. The highest BCUT2D eigenvalue weighted by Gasteiger charge is 2.28. The van der Waals surface area contributed by atoms with Gasteiger partial charge in [-0.05, 0) is 172 Å². The predicted molar refractivity (Wildman–Crippen MR) is 527 cm³/mol. The van der Waals surface area contributed by atoms with Gasteiger partial charge in [0.25, 0.3) is 5.91 Å². The number of aliphatic hydroxyl groups is 4. The molecule has 6 N–H and O–H groups in total. The lowest BCUT2D eigenvalue weighted by Gasteiger charge is -2.16. The number of aliphatic hydroxyl groups excluding tert-OH is 4. The molecule has 0 aliphatic rings. The first-order valence-electron chi connectivity index (χ1n) is 42.6. The number of nitrogens with one attached hydrogen (secondary N) is 1. The average Bonchev–Trinajstić information content (AvgIpc) is 1.62. The van der Waals surface area contributed by atoms with E-state index in [0.717, 1.165) is 75.2 Å². The van der Waals surface area contributed by atoms with Gasteiger partial charge in [0, 0.05) is 133 Å². The Labute approximate surface area is 797 Å². The lowest BCUT2D eigenvalue weighted by molar-refractivity contribution is -0.151. The predicted octanol–water partition coefficient (Wildman–Crippen LogP) is 17.2. The molecule has 4 unspecified atom stereocenters. The third kappa shape index (κ3) is 30.0. The van der Waals surface area contributed by atoms with Crippen molar-refractivity contribution >= 4 is 119 Å². The number of aromatic amines is 1. The number of carbonyl (C=O) groups is 5. The summed E-state index contributed by atoms with van der Waals surface area (Å²) in [4.78, 5) is 92.3. The van der Waals surface area contributed by atoms with Crippen molar-refractivity contribution in [3.05, 3.63) is 238 Å². The van der Waals surface area contributed by atoms with E-state index in [4.69, 9.17) is 48.7 Å². The van der Waals surface area contributed by atoms with Crippen LogP contribution in [-0.4, -0.2) is 230 Å². The molecule has 706 valence electrons. The molecule has 0 bridgehead atoms. The number of H-pyrrole nitrogens is 1. The maximum absolute atomic E-state index is 12.1. The summed E-state index contributed by atoms with van der Waals surface area (Å²) in [6, 6.07) is 57.4. The summed E-state index contributed by atoms with van der Waals surface area (Å²) in [5.41, 5.74) is 11.6. The average molecular weight is 2010 g/mol. The molecule has 1 amide bonds. The standard InChI is InChI=1S/C27H32N4O5Si.C26H30N4O5Si.C22H21N5O3.C8H8BrNO3.C7H18OSi.C6H4BrNO/c1-34-23-12-7-6-9-19(23)24-20-15-18(21-10-8-11-22(29-21)25(32)27(33)35-2)16-28-26(20)31(30-24)17-36-13-14-37(3,4)5;1-34-22-11-6-5-8-18(22)23-19-14-17(20-9-7-10-21(28-20)24(31)26(32)33)15-27-25(19)30(29-23)16-35-12-13-36(2,3)4;1-27(2)22(29)20(28)17-9-6-8-16(24-17)13-11-15-19(25-26-21(15)23-12-13)14-7-4-5-10-18(14)30-3;1-13-8(12)7(11)5-3-2-4-6(9)10-5;1-5-8-6-7-9(2,3)4;7-6-3-1-2-5(4-9)8-6/h6-12,15-16,25,32H,13-14,17H2,1-5H3;5-11,14-15,24,31H,12-13,16H2,1-4H3,(H,32,33);4-12,20,28H,1-3H3,(H,23,25,26);2-4,7,11H,1H3;5-7H2,1-4H3;1-4H. The number of carboxylic acid groups (broad SMARTS) is 1. The summed E-state index contributed by atoms with van der Waals surface area (Å²) in [5, 5.41) is 68.4. The number of aromatic nitrogens is 14. The lowest BCUT2D eigenvalue weighted by atomic mass is 10.1. The number of aliphatic carboxylic acids is 1. The van der Waals surface area contributed by atoms with Crippen molar-refractivity contribution in [1.82, 2.24) is 74.5 Å². The Morgan fingerprint density at radius 3 is 1.22 bits per heavy atom. The minimum atomic E-state index is -1.71. The van der Waals surface area contributed by atoms with Gasteiger partial charge < -0.3 is 68.3 Å². The number of methoxy groups -OCH3 is 5. The molecular weight excluding hydrogens is 1900 g/mol. The highest BCUT2D eigenvalue weighted by Crippen LogP contribution is 2.40. The normalized spacial score (nSPS) is 12.1. The molecule has 0 fully saturated rings. The number of aldehydes is 1. The number of rotatable bonds is 32. The van der Waals surface area contributed by atoms with Crippen molar-refractivity contribution < 1.29 is 87.4 Å². The molecule has 38 heteroatoms. The number of hydrogen-bond donors (Lipinski definition) is 6. The Balaban J connectivity index is 0.000000195. The monoisotopic (exact) mass is 2010 g/mol. The zero-order chi connectivity index (χ0) is 97.6. The maximum Gasteiger partial charge on any atom is 0.341 e. The van der Waals surface area contributed by atoms with Crippen molar-refractivity contribution in [2.45, 2.75) is 122 Å². The molecular formula is C96H113Br2N15O18Si3. The van der Waals surface area contributed by atoms with Crippen molar-refractivity contribution in [1.29, 1.82) is 0 Å². The number of amides is 1. The Bertz CT molecular complexity index is 6290. The third-order valence-electron chi connectivity index (χ3n) is 20.0. The number of likely N-dealkylation sites (N-methyl/N-ethyl adjacent to an activating group) is 1. The first-order chi connectivity index (χ1) is 63.9. The fourth-order valence-corrected chi connectivity index (χ4v) is 15.6. The number of para-hydroxylation sites is 3. The summed E-state index contributed by atoms with van der Waals surface area (Å²) in [5.74, 6) is -1.18. The van der Waals surface area contributed by atoms with E-state index in [1.54, 1.807) is 142 Å². The minimum absolute atomic E-state index is 0.0524. The van der Waals surface area contributed by atoms with Crippen LogP contribution in [0.3, 0.4) is 0 Å². The number of esters is 2. The summed E-state index contributed by atoms with van der Waals surface area (Å²) < 4.78 is 47.6. The molecule has 11 heterocycles. The van der Waals surface area contributed by atoms with Crippen molar-refractivity contribution in [3.63, 3.8) is 0 Å². The number of carbonyl (C=O) groups excluding carboxylic acids is 4. The highest BCUT2D eigenvalue weighted by atomic mass is 79.9. The van der Waals surface area contributed by atoms with Gasteiger partial charge in [-0.3, -0.25) is 14.7 Å². The van der Waals surface area contributed by atoms with E-state index in [0.29, 0.717) is 102 Å². The molecule has 33 nitrogen and oxygen atoms in total. The Morgan fingerprint density at radius 1 is 0.455 bits per heavy atom. The first kappa shape index (κ1) is 105. The van der Waals surface area contributed by atoms with Crippen LogP contribution in [0.5, 0.6) is 17.2 Å². The smallest absolute Gasteiger partial charge is 0.341 e. The number of ether oxygens (including phenoxy) is 8. The molecule has 134 heavy (non-hydrogen) atoms. The van der Waals surface area contributed by atoms with Crippen LogP contribution in [-0.2, 0) is 56.3 Å². The number of halogens is 2. The number of benzene rings is 3. The molecule has 0 radical (unpaired) electrons. The number of carboxylic acids is 1. The SMILES string of the molecule is CCOCC[Si](C)(C)C.COC(=O)C(O)c1cccc(-c2cnc3c(c2)c(-c2ccccc2OC)nn3COCC[Si](C)(C)C)n1.COC(=O)C(O)c1cccc(Br)n1.COc1ccccc1-c1[nH]nc2ncc(-c3cccc(C(O)C(=O)N(C)C)n3)cc12.COc1ccccc1-c1nn(COCC[Si](C)(C)C)c2ncc(-c3cccc(C(O)C(=O)O)n3)cc12.O=Cc1cccc(Br)n1. The van der Waals surface area contributed by atoms with Crippen LogP contribution in [0.2, 0.25) is 77.1 Å². The number of nitrogens with zero attached hydrogens (tertiary/aromatic N) is 14. The minimum Gasteiger partial charge on any atom is -0.496 e. The molecule has 0 saturated heterocycles. The van der Waals surface area contributed by atoms with Crippen LogP contribution in [0.15, 0.2) is 210 Å². The summed E-state index contributed by atoms with van der Waals surface area (Å²) in [6.07, 6.45) is -0.0773. The van der Waals surface area contributed by atoms with Gasteiger partial charge in [0.15, 0.2) is 47.6 Å². The zero-order valence-corrected chi connectivity index (χ0v) is 84.0. The van der Waals surface area contributed by atoms with Crippen molar-refractivity contribution in [3.8, 4) is 84.8 Å². The van der Waals surface area contributed by atoms with E-state index in [1.807, 2.05) is 104 Å². The van der Waals surface area contributed by atoms with Gasteiger partial charge in [-0.15, -0.1) is 0 Å². The van der Waals surface area contributed by atoms with Crippen LogP contribution in [0.1, 0.15) is 64.6 Å². The van der Waals surface area contributed by atoms with Crippen LogP contribution in [0, 0.1) is 0 Å². The van der Waals surface area contributed by atoms with Gasteiger partial charge in [0.05, 0.1) is 81.1 Å². The van der Waals surface area contributed by atoms with Gasteiger partial charge in [-0.2, -0.15) is 15.3 Å². The lowest BCUT2D eigenvalue weighted by Crippen LogP contribution is -2.28. The fourth-order valence-electron chi connectivity index (χ4n) is 12.7. The second-order valence-corrected chi connectivity index (χ2v) is 52.3. The fraction of sp³-hybridized carbons (Fsp3) is 0.312. The molecule has 11 aromatic heterocycles. The quantitative estimate of drug-likeness (QED) is 0.00749. The van der Waals surface area contributed by atoms with E-state index in [2.05, 4.69) is 145 Å². The summed E-state index contributed by atoms with van der Waals surface area (Å²) >= 11 is 6.26. The van der Waals surface area contributed by atoms with E-state index in [-0.39, 0.29) is 36.2 Å². The maximum atomic E-state index is 12.1. The molecule has 0 spiro atoms. The van der Waals surface area contributed by atoms with E-state index < -0.39 is 72.5 Å². The molecule has 0 aliphatic carbocycles. The number of hydrogen-bond acceptors (Lipinski definition) is 28. The molecule has 14 rings (SSSR count). The second-order valence-electron chi connectivity index (χ2n) is 33.8. The Kier molecular flexibility index (Phi) is 39.3. The van der Waals surface area contributed by atoms with Crippen molar-refractivity contribution in [2.75, 3.05) is 76.1 Å². The largest absolute Gasteiger partial charge is 0.496 e. The number of pyridine rings is 8. The van der Waals surface area contributed by atoms with Crippen LogP contribution >= 0.6 is 31.9 Å². The van der Waals surface area contributed by atoms with Gasteiger partial charge in [-0.25, -0.2) is 63.6 Å². The number of fused-ring (bicyclic) bond motifs is 3. The molecule has 0 aliphatic heterocycles. The van der Waals surface area contributed by atoms with Crippen LogP contribution < -0.4 is 14.2 Å². The van der Waals surface area contributed by atoms with Gasteiger partial charge in [0.1, 0.15) is 57.0 Å². The molecule has 14 aromatic rings. The van der Waals surface area contributed by atoms with Crippen LogP contribution in [0.25, 0.3) is 101 Å². The van der Waals surface area contributed by atoms with E-state index in [1.165, 1.54) is 31.2 Å². The zero-order valence-electron chi connectivity index (χ0n) is 77.9. The van der Waals surface area contributed by atoms with Gasteiger partial charge in [-0.1, -0.05) is 126 Å². The van der Waals surface area contributed by atoms with E-state index >= 15 is 0 Å². The third-order valence-corrected chi connectivity index (χ3v) is 26.0. The van der Waals surface area contributed by atoms with Crippen molar-refractivity contribution in [2.24, 2.45) is 0 Å². The summed E-state index contributed by atoms with van der Waals surface area (Å²) in [7, 11) is 7.22. The molecule has 0 saturated carbocycles. The topological polar surface area (TPSA) is 431 Å². The highest BCUT2D eigenvalue weighted by molar-refractivity contribution is 9.10. The Hall–Kier alpha value is -12.4. The Morgan fingerprint density at radius 2 is 0.828 bits per heavy atom.